The fraction of sp³-hybridized carbons (Fsp3) is 0.478. The Morgan fingerprint density at radius 2 is 1.88 bits per heavy atom. The van der Waals surface area contributed by atoms with E-state index in [-0.39, 0.29) is 12.0 Å². The summed E-state index contributed by atoms with van der Waals surface area (Å²) in [7, 11) is 5.93. The molecule has 1 fully saturated rings. The lowest BCUT2D eigenvalue weighted by Crippen LogP contribution is -2.48. The summed E-state index contributed by atoms with van der Waals surface area (Å²) in [6.07, 6.45) is 4.89. The van der Waals surface area contributed by atoms with E-state index in [1.54, 1.807) is 7.11 Å². The zero-order valence-electron chi connectivity index (χ0n) is 16.2. The first-order valence-corrected chi connectivity index (χ1v) is 9.60. The first-order valence-electron chi connectivity index (χ1n) is 9.60. The van der Waals surface area contributed by atoms with Crippen molar-refractivity contribution in [1.82, 2.24) is 4.90 Å². The molecule has 3 nitrogen and oxygen atoms in total. The molecule has 3 heteroatoms. The van der Waals surface area contributed by atoms with Gasteiger partial charge >= 0.3 is 0 Å². The molecule has 0 spiro atoms. The van der Waals surface area contributed by atoms with Crippen molar-refractivity contribution in [3.63, 3.8) is 0 Å². The molecule has 3 unspecified atom stereocenters. The molecule has 0 heterocycles. The Morgan fingerprint density at radius 1 is 1.12 bits per heavy atom. The highest BCUT2D eigenvalue weighted by molar-refractivity contribution is 5.32. The van der Waals surface area contributed by atoms with Crippen LogP contribution in [0.4, 0.5) is 0 Å². The Labute approximate surface area is 157 Å². The molecule has 2 aromatic carbocycles. The average molecular weight is 354 g/mol. The van der Waals surface area contributed by atoms with Crippen molar-refractivity contribution in [2.75, 3.05) is 21.2 Å². The number of ether oxygens (including phenoxy) is 1. The van der Waals surface area contributed by atoms with Gasteiger partial charge in [0.15, 0.2) is 0 Å². The summed E-state index contributed by atoms with van der Waals surface area (Å²) in [4.78, 5) is 2.25. The molecule has 0 saturated heterocycles. The van der Waals surface area contributed by atoms with Crippen LogP contribution in [0.15, 0.2) is 54.6 Å². The SMILES string of the molecule is COc1cccc(C(C2CCCCC2(O)Cc2ccccc2)N(C)C)c1. The monoisotopic (exact) mass is 353 g/mol. The topological polar surface area (TPSA) is 32.7 Å². The predicted octanol–water partition coefficient (Wildman–Crippen LogP) is 4.46. The van der Waals surface area contributed by atoms with Crippen molar-refractivity contribution in [2.45, 2.75) is 43.7 Å². The van der Waals surface area contributed by atoms with Crippen molar-refractivity contribution in [2.24, 2.45) is 5.92 Å². The molecule has 0 bridgehead atoms. The van der Waals surface area contributed by atoms with Gasteiger partial charge in [-0.3, -0.25) is 0 Å². The van der Waals surface area contributed by atoms with Crippen LogP contribution in [0.1, 0.15) is 42.9 Å². The molecule has 0 amide bonds. The van der Waals surface area contributed by atoms with Crippen LogP contribution in [-0.2, 0) is 6.42 Å². The van der Waals surface area contributed by atoms with E-state index in [4.69, 9.17) is 4.74 Å². The Bertz CT molecular complexity index is 700. The minimum absolute atomic E-state index is 0.166. The molecule has 1 aliphatic rings. The Kier molecular flexibility index (Phi) is 6.00. The number of rotatable bonds is 6. The largest absolute Gasteiger partial charge is 0.497 e. The highest BCUT2D eigenvalue weighted by Gasteiger charge is 2.44. The van der Waals surface area contributed by atoms with E-state index in [0.29, 0.717) is 6.42 Å². The van der Waals surface area contributed by atoms with E-state index in [1.165, 1.54) is 17.5 Å². The molecule has 140 valence electrons. The molecule has 0 aromatic heterocycles. The lowest BCUT2D eigenvalue weighted by molar-refractivity contribution is -0.0771. The second-order valence-corrected chi connectivity index (χ2v) is 7.80. The van der Waals surface area contributed by atoms with E-state index >= 15 is 0 Å². The van der Waals surface area contributed by atoms with Gasteiger partial charge < -0.3 is 14.7 Å². The minimum atomic E-state index is -0.683. The van der Waals surface area contributed by atoms with Gasteiger partial charge in [0.05, 0.1) is 12.7 Å². The van der Waals surface area contributed by atoms with Crippen LogP contribution in [0.3, 0.4) is 0 Å². The second kappa shape index (κ2) is 8.24. The molecule has 26 heavy (non-hydrogen) atoms. The van der Waals surface area contributed by atoms with Gasteiger partial charge in [-0.05, 0) is 50.2 Å². The molecular formula is C23H31NO2. The predicted molar refractivity (Wildman–Crippen MR) is 106 cm³/mol. The standard InChI is InChI=1S/C23H31NO2/c1-24(2)22(19-12-9-13-20(16-19)26-3)21-14-7-8-15-23(21,25)17-18-10-5-4-6-11-18/h4-6,9-13,16,21-22,25H,7-8,14-15,17H2,1-3H3. The van der Waals surface area contributed by atoms with E-state index in [0.717, 1.165) is 25.0 Å². The van der Waals surface area contributed by atoms with Gasteiger partial charge in [-0.25, -0.2) is 0 Å². The smallest absolute Gasteiger partial charge is 0.119 e. The van der Waals surface area contributed by atoms with Gasteiger partial charge in [0.25, 0.3) is 0 Å². The third-order valence-electron chi connectivity index (χ3n) is 5.79. The van der Waals surface area contributed by atoms with Crippen LogP contribution in [0.25, 0.3) is 0 Å². The molecule has 3 atom stereocenters. The highest BCUT2D eigenvalue weighted by Crippen LogP contribution is 2.45. The van der Waals surface area contributed by atoms with E-state index in [1.807, 2.05) is 18.2 Å². The summed E-state index contributed by atoms with van der Waals surface area (Å²) in [6.45, 7) is 0. The van der Waals surface area contributed by atoms with E-state index in [2.05, 4.69) is 55.4 Å². The van der Waals surface area contributed by atoms with Crippen LogP contribution >= 0.6 is 0 Å². The molecule has 1 saturated carbocycles. The second-order valence-electron chi connectivity index (χ2n) is 7.80. The molecule has 1 N–H and O–H groups in total. The van der Waals surface area contributed by atoms with Gasteiger partial charge in [0.1, 0.15) is 5.75 Å². The van der Waals surface area contributed by atoms with Crippen LogP contribution < -0.4 is 4.74 Å². The quantitative estimate of drug-likeness (QED) is 0.832. The Balaban J connectivity index is 1.94. The van der Waals surface area contributed by atoms with Gasteiger partial charge in [-0.1, -0.05) is 55.3 Å². The van der Waals surface area contributed by atoms with Crippen LogP contribution in [0.2, 0.25) is 0 Å². The fourth-order valence-electron chi connectivity index (χ4n) is 4.59. The third-order valence-corrected chi connectivity index (χ3v) is 5.79. The normalized spacial score (nSPS) is 24.4. The van der Waals surface area contributed by atoms with Crippen LogP contribution in [-0.4, -0.2) is 36.8 Å². The zero-order chi connectivity index (χ0) is 18.6. The van der Waals surface area contributed by atoms with Gasteiger partial charge in [-0.15, -0.1) is 0 Å². The van der Waals surface area contributed by atoms with Crippen molar-refractivity contribution in [3.05, 3.63) is 65.7 Å². The van der Waals surface area contributed by atoms with Crippen LogP contribution in [0, 0.1) is 5.92 Å². The number of benzene rings is 2. The van der Waals surface area contributed by atoms with Crippen molar-refractivity contribution >= 4 is 0 Å². The summed E-state index contributed by atoms with van der Waals surface area (Å²) >= 11 is 0. The van der Waals surface area contributed by atoms with Gasteiger partial charge in [0.2, 0.25) is 0 Å². The fourth-order valence-corrected chi connectivity index (χ4v) is 4.59. The number of hydrogen-bond donors (Lipinski definition) is 1. The maximum absolute atomic E-state index is 11.7. The molecule has 3 rings (SSSR count). The summed E-state index contributed by atoms with van der Waals surface area (Å²) in [5, 5.41) is 11.7. The first kappa shape index (κ1) is 18.9. The Hall–Kier alpha value is -1.84. The molecule has 2 aromatic rings. The summed E-state index contributed by atoms with van der Waals surface area (Å²) < 4.78 is 5.44. The number of methoxy groups -OCH3 is 1. The third kappa shape index (κ3) is 4.11. The maximum atomic E-state index is 11.7. The first-order chi connectivity index (χ1) is 12.5. The molecule has 0 aliphatic heterocycles. The van der Waals surface area contributed by atoms with E-state index < -0.39 is 5.60 Å². The number of aliphatic hydroxyl groups is 1. The lowest BCUT2D eigenvalue weighted by Gasteiger charge is -2.46. The summed E-state index contributed by atoms with van der Waals surface area (Å²) in [5.41, 5.74) is 1.75. The minimum Gasteiger partial charge on any atom is -0.497 e. The summed E-state index contributed by atoms with van der Waals surface area (Å²) in [6, 6.07) is 18.9. The highest BCUT2D eigenvalue weighted by atomic mass is 16.5. The van der Waals surface area contributed by atoms with Gasteiger partial charge in [-0.2, -0.15) is 0 Å². The molecular weight excluding hydrogens is 322 g/mol. The Morgan fingerprint density at radius 3 is 2.58 bits per heavy atom. The lowest BCUT2D eigenvalue weighted by atomic mass is 9.67. The van der Waals surface area contributed by atoms with Crippen molar-refractivity contribution in [1.29, 1.82) is 0 Å². The maximum Gasteiger partial charge on any atom is 0.119 e. The average Bonchev–Trinajstić information content (AvgIpc) is 2.64. The van der Waals surface area contributed by atoms with Crippen molar-refractivity contribution < 1.29 is 9.84 Å². The zero-order valence-corrected chi connectivity index (χ0v) is 16.2. The van der Waals surface area contributed by atoms with Crippen molar-refractivity contribution in [3.8, 4) is 5.75 Å². The van der Waals surface area contributed by atoms with Crippen LogP contribution in [0.5, 0.6) is 5.75 Å². The van der Waals surface area contributed by atoms with E-state index in [9.17, 15) is 5.11 Å². The summed E-state index contributed by atoms with van der Waals surface area (Å²) in [5.74, 6) is 1.07. The van der Waals surface area contributed by atoms with Gasteiger partial charge in [0, 0.05) is 18.4 Å². The molecule has 0 radical (unpaired) electrons. The number of hydrogen-bond acceptors (Lipinski definition) is 3. The number of nitrogens with zero attached hydrogens (tertiary/aromatic N) is 1. The molecule has 1 aliphatic carbocycles.